The number of carbonyl (C=O) groups is 3. The van der Waals surface area contributed by atoms with Crippen molar-refractivity contribution in [1.82, 2.24) is 10.2 Å². The Bertz CT molecular complexity index is 648. The number of nitrogens with one attached hydrogen (secondary N) is 1. The second kappa shape index (κ2) is 4.66. The highest BCUT2D eigenvalue weighted by molar-refractivity contribution is 6.31. The lowest BCUT2D eigenvalue weighted by Crippen LogP contribution is -2.56. The number of nitrogen functional groups attached to an aromatic ring is 1. The van der Waals surface area contributed by atoms with E-state index in [4.69, 9.17) is 5.73 Å². The zero-order valence-corrected chi connectivity index (χ0v) is 11.8. The van der Waals surface area contributed by atoms with Crippen molar-refractivity contribution in [1.29, 1.82) is 0 Å². The van der Waals surface area contributed by atoms with Gasteiger partial charge in [0.15, 0.2) is 0 Å². The monoisotopic (exact) mass is 287 g/mol. The number of nitrogens with two attached hydrogens (primary N) is 1. The van der Waals surface area contributed by atoms with Crippen molar-refractivity contribution in [2.45, 2.75) is 31.7 Å². The molecule has 6 heteroatoms. The molecular weight excluding hydrogens is 270 g/mol. The molecule has 1 aromatic rings. The average Bonchev–Trinajstić information content (AvgIpc) is 3.05. The molecule has 6 nitrogen and oxygen atoms in total. The van der Waals surface area contributed by atoms with E-state index in [1.54, 1.807) is 12.1 Å². The van der Waals surface area contributed by atoms with Gasteiger partial charge in [-0.05, 0) is 37.9 Å². The maximum atomic E-state index is 12.8. The first-order chi connectivity index (χ1) is 10.0. The lowest BCUT2D eigenvalue weighted by atomic mass is 9.92. The van der Waals surface area contributed by atoms with Gasteiger partial charge in [0.25, 0.3) is 17.7 Å². The summed E-state index contributed by atoms with van der Waals surface area (Å²) < 4.78 is 0. The number of hydrogen-bond acceptors (Lipinski definition) is 5. The summed E-state index contributed by atoms with van der Waals surface area (Å²) in [6.45, 7) is 2.59. The summed E-state index contributed by atoms with van der Waals surface area (Å²) in [5, 5.41) is 3.15. The summed E-state index contributed by atoms with van der Waals surface area (Å²) in [6, 6.07) is 4.69. The number of amides is 3. The fourth-order valence-electron chi connectivity index (χ4n) is 3.15. The predicted octanol–water partition coefficient (Wildman–Crippen LogP) is 0.924. The van der Waals surface area contributed by atoms with Gasteiger partial charge in [0.2, 0.25) is 0 Å². The Kier molecular flexibility index (Phi) is 3.06. The molecule has 0 spiro atoms. The van der Waals surface area contributed by atoms with Crippen molar-refractivity contribution in [2.24, 2.45) is 0 Å². The molecule has 3 amide bonds. The first-order valence-corrected chi connectivity index (χ1v) is 7.08. The van der Waals surface area contributed by atoms with Crippen LogP contribution in [0.2, 0.25) is 0 Å². The minimum Gasteiger partial charge on any atom is -0.398 e. The van der Waals surface area contributed by atoms with Crippen molar-refractivity contribution in [3.05, 3.63) is 29.3 Å². The van der Waals surface area contributed by atoms with Crippen LogP contribution in [0.25, 0.3) is 0 Å². The first kappa shape index (κ1) is 13.8. The fourth-order valence-corrected chi connectivity index (χ4v) is 3.15. The molecule has 110 valence electrons. The van der Waals surface area contributed by atoms with Gasteiger partial charge in [0, 0.05) is 5.69 Å². The highest BCUT2D eigenvalue weighted by Crippen LogP contribution is 2.32. The zero-order chi connectivity index (χ0) is 15.2. The van der Waals surface area contributed by atoms with E-state index in [0.29, 0.717) is 19.4 Å². The van der Waals surface area contributed by atoms with Crippen LogP contribution in [-0.2, 0) is 4.79 Å². The molecule has 1 atom stereocenters. The van der Waals surface area contributed by atoms with Gasteiger partial charge in [0.1, 0.15) is 0 Å². The number of anilines is 1. The largest absolute Gasteiger partial charge is 0.398 e. The highest BCUT2D eigenvalue weighted by atomic mass is 16.2. The van der Waals surface area contributed by atoms with E-state index in [0.717, 1.165) is 11.3 Å². The van der Waals surface area contributed by atoms with Crippen molar-refractivity contribution < 1.29 is 14.4 Å². The molecule has 1 fully saturated rings. The minimum atomic E-state index is -0.817. The number of imide groups is 3. The molecule has 1 unspecified atom stereocenters. The number of nitrogens with zero attached hydrogens (tertiary/aromatic N) is 1. The van der Waals surface area contributed by atoms with Gasteiger partial charge in [-0.1, -0.05) is 13.0 Å². The summed E-state index contributed by atoms with van der Waals surface area (Å²) in [5.41, 5.74) is 5.53. The highest BCUT2D eigenvalue weighted by Gasteiger charge is 2.50. The van der Waals surface area contributed by atoms with Gasteiger partial charge >= 0.3 is 0 Å². The van der Waals surface area contributed by atoms with E-state index in [9.17, 15) is 14.4 Å². The predicted molar refractivity (Wildman–Crippen MR) is 76.6 cm³/mol. The van der Waals surface area contributed by atoms with E-state index in [1.165, 1.54) is 6.07 Å². The second-order valence-corrected chi connectivity index (χ2v) is 5.49. The molecule has 2 heterocycles. The van der Waals surface area contributed by atoms with E-state index in [2.05, 4.69) is 5.32 Å². The van der Waals surface area contributed by atoms with E-state index < -0.39 is 23.3 Å². The Hall–Kier alpha value is -2.21. The minimum absolute atomic E-state index is 0.139. The Morgan fingerprint density at radius 1 is 1.38 bits per heavy atom. The third-order valence-electron chi connectivity index (χ3n) is 4.41. The van der Waals surface area contributed by atoms with Gasteiger partial charge in [-0.15, -0.1) is 0 Å². The lowest BCUT2D eigenvalue weighted by molar-refractivity contribution is -0.132. The fraction of sp³-hybridized carbons (Fsp3) is 0.400. The molecule has 0 radical (unpaired) electrons. The molecule has 21 heavy (non-hydrogen) atoms. The summed E-state index contributed by atoms with van der Waals surface area (Å²) >= 11 is 0. The van der Waals surface area contributed by atoms with Crippen molar-refractivity contribution in [3.63, 3.8) is 0 Å². The molecule has 0 saturated carbocycles. The number of hydrogen-bond donors (Lipinski definition) is 2. The second-order valence-electron chi connectivity index (χ2n) is 5.49. The zero-order valence-electron chi connectivity index (χ0n) is 11.8. The summed E-state index contributed by atoms with van der Waals surface area (Å²) in [5.74, 6) is -1.65. The van der Waals surface area contributed by atoms with Crippen LogP contribution >= 0.6 is 0 Å². The molecule has 1 saturated heterocycles. The molecule has 0 aliphatic carbocycles. The van der Waals surface area contributed by atoms with E-state index >= 15 is 0 Å². The van der Waals surface area contributed by atoms with Crippen LogP contribution in [-0.4, -0.2) is 34.7 Å². The van der Waals surface area contributed by atoms with Crippen LogP contribution in [0.15, 0.2) is 18.2 Å². The van der Waals surface area contributed by atoms with Crippen molar-refractivity contribution >= 4 is 23.4 Å². The van der Waals surface area contributed by atoms with Crippen LogP contribution in [0.4, 0.5) is 5.69 Å². The van der Waals surface area contributed by atoms with Gasteiger partial charge in [-0.3, -0.25) is 14.4 Å². The van der Waals surface area contributed by atoms with Gasteiger partial charge in [-0.2, -0.15) is 0 Å². The topological polar surface area (TPSA) is 92.5 Å². The lowest BCUT2D eigenvalue weighted by Gasteiger charge is -2.29. The standard InChI is InChI=1S/C15H17N3O3/c1-2-15(7-4-8-17-15)14(21)18-12(19)9-5-3-6-10(16)11(9)13(18)20/h3,5-6,17H,2,4,7-8,16H2,1H3. The van der Waals surface area contributed by atoms with Crippen LogP contribution in [0.1, 0.15) is 46.9 Å². The number of fused-ring (bicyclic) bond motifs is 1. The van der Waals surface area contributed by atoms with E-state index in [-0.39, 0.29) is 16.8 Å². The third-order valence-corrected chi connectivity index (χ3v) is 4.41. The Morgan fingerprint density at radius 2 is 2.14 bits per heavy atom. The SMILES string of the molecule is CCC1(C(=O)N2C(=O)c3cccc(N)c3C2=O)CCCN1. The van der Waals surface area contributed by atoms with Crippen LogP contribution < -0.4 is 11.1 Å². The summed E-state index contributed by atoms with van der Waals surface area (Å²) in [4.78, 5) is 38.4. The molecule has 3 N–H and O–H groups in total. The molecular formula is C15H17N3O3. The Morgan fingerprint density at radius 3 is 2.71 bits per heavy atom. The van der Waals surface area contributed by atoms with Crippen LogP contribution in [0.5, 0.6) is 0 Å². The van der Waals surface area contributed by atoms with Gasteiger partial charge < -0.3 is 11.1 Å². The maximum absolute atomic E-state index is 12.8. The van der Waals surface area contributed by atoms with Crippen molar-refractivity contribution in [2.75, 3.05) is 12.3 Å². The number of carbonyl (C=O) groups excluding carboxylic acids is 3. The maximum Gasteiger partial charge on any atom is 0.270 e. The summed E-state index contributed by atoms with van der Waals surface area (Å²) in [6.07, 6.45) is 2.02. The van der Waals surface area contributed by atoms with Crippen LogP contribution in [0, 0.1) is 0 Å². The quantitative estimate of drug-likeness (QED) is 0.623. The van der Waals surface area contributed by atoms with Crippen molar-refractivity contribution in [3.8, 4) is 0 Å². The molecule has 2 aliphatic heterocycles. The Labute approximate surface area is 122 Å². The van der Waals surface area contributed by atoms with Gasteiger partial charge in [-0.25, -0.2) is 4.90 Å². The first-order valence-electron chi connectivity index (χ1n) is 7.08. The molecule has 0 bridgehead atoms. The smallest absolute Gasteiger partial charge is 0.270 e. The van der Waals surface area contributed by atoms with Gasteiger partial charge in [0.05, 0.1) is 16.7 Å². The van der Waals surface area contributed by atoms with E-state index in [1.807, 2.05) is 6.92 Å². The molecule has 1 aromatic carbocycles. The molecule has 0 aromatic heterocycles. The average molecular weight is 287 g/mol. The molecule has 2 aliphatic rings. The number of rotatable bonds is 2. The Balaban J connectivity index is 2.02. The summed E-state index contributed by atoms with van der Waals surface area (Å²) in [7, 11) is 0. The third kappa shape index (κ3) is 1.79. The number of benzene rings is 1. The molecule has 3 rings (SSSR count). The van der Waals surface area contributed by atoms with Crippen LogP contribution in [0.3, 0.4) is 0 Å². The normalized spacial score (nSPS) is 24.5.